The zero-order chi connectivity index (χ0) is 20.8. The molecule has 0 bridgehead atoms. The molecular formula is C22H24FN5O2. The van der Waals surface area contributed by atoms with Crippen molar-refractivity contribution < 1.29 is 9.50 Å². The number of hydrogen-bond acceptors (Lipinski definition) is 6. The van der Waals surface area contributed by atoms with Crippen molar-refractivity contribution in [1.29, 1.82) is 0 Å². The number of nitrogens with zero attached hydrogens (tertiary/aromatic N) is 5. The average molecular weight is 409 g/mol. The molecule has 2 fully saturated rings. The topological polar surface area (TPSA) is 84.1 Å². The van der Waals surface area contributed by atoms with Crippen molar-refractivity contribution in [2.45, 2.75) is 56.8 Å². The number of aromatic nitrogens is 4. The maximum Gasteiger partial charge on any atom is 0.260 e. The minimum atomic E-state index is -0.839. The number of rotatable bonds is 4. The standard InChI is InChI=1S/C22H24FN5O2/c1-27-12-24-18-11-20(29)14(10-15(18)22(27)30)17-8-9-21(26-25-17)28(13-6-7-13)19-5-3-2-4-16(19)23/h8-13,16,19,29H,2-7H2,1H3. The van der Waals surface area contributed by atoms with E-state index in [1.807, 2.05) is 6.07 Å². The fourth-order valence-electron chi connectivity index (χ4n) is 4.42. The Kier molecular flexibility index (Phi) is 4.64. The number of anilines is 1. The zero-order valence-electron chi connectivity index (χ0n) is 16.8. The summed E-state index contributed by atoms with van der Waals surface area (Å²) in [6.45, 7) is 0. The summed E-state index contributed by atoms with van der Waals surface area (Å²) in [5, 5.41) is 19.6. The lowest BCUT2D eigenvalue weighted by Gasteiger charge is -2.37. The number of alkyl halides is 1. The normalized spacial score (nSPS) is 21.7. The Morgan fingerprint density at radius 3 is 2.63 bits per heavy atom. The van der Waals surface area contributed by atoms with Gasteiger partial charge in [-0.3, -0.25) is 4.79 Å². The number of aryl methyl sites for hydroxylation is 1. The molecular weight excluding hydrogens is 385 g/mol. The first-order chi connectivity index (χ1) is 14.5. The Bertz CT molecular complexity index is 1140. The molecule has 0 saturated heterocycles. The van der Waals surface area contributed by atoms with E-state index in [1.54, 1.807) is 19.2 Å². The van der Waals surface area contributed by atoms with Crippen LogP contribution in [0.15, 0.2) is 35.4 Å². The molecule has 1 aromatic carbocycles. The van der Waals surface area contributed by atoms with E-state index in [9.17, 15) is 14.3 Å². The van der Waals surface area contributed by atoms with Gasteiger partial charge in [0.15, 0.2) is 5.82 Å². The van der Waals surface area contributed by atoms with E-state index in [0.29, 0.717) is 40.4 Å². The molecule has 1 N–H and O–H groups in total. The van der Waals surface area contributed by atoms with Crippen molar-refractivity contribution in [2.75, 3.05) is 4.90 Å². The van der Waals surface area contributed by atoms with Crippen molar-refractivity contribution in [3.63, 3.8) is 0 Å². The Morgan fingerprint density at radius 1 is 1.13 bits per heavy atom. The number of benzene rings is 1. The third-order valence-electron chi connectivity index (χ3n) is 6.17. The first kappa shape index (κ1) is 19.0. The lowest BCUT2D eigenvalue weighted by atomic mass is 9.92. The summed E-state index contributed by atoms with van der Waals surface area (Å²) in [6, 6.07) is 6.86. The van der Waals surface area contributed by atoms with Crippen LogP contribution in [0.25, 0.3) is 22.2 Å². The minimum Gasteiger partial charge on any atom is -0.507 e. The summed E-state index contributed by atoms with van der Waals surface area (Å²) >= 11 is 0. The molecule has 5 rings (SSSR count). The zero-order valence-corrected chi connectivity index (χ0v) is 16.8. The quantitative estimate of drug-likeness (QED) is 0.712. The van der Waals surface area contributed by atoms with Crippen molar-refractivity contribution in [3.8, 4) is 17.0 Å². The lowest BCUT2D eigenvalue weighted by Crippen LogP contribution is -2.45. The van der Waals surface area contributed by atoms with E-state index < -0.39 is 6.17 Å². The summed E-state index contributed by atoms with van der Waals surface area (Å²) in [5.74, 6) is 0.661. The van der Waals surface area contributed by atoms with Crippen LogP contribution in [-0.2, 0) is 7.05 Å². The molecule has 0 spiro atoms. The Balaban J connectivity index is 1.51. The smallest absolute Gasteiger partial charge is 0.260 e. The molecule has 2 heterocycles. The SMILES string of the molecule is Cn1cnc2cc(O)c(-c3ccc(N(C4CC4)C4CCCCC4F)nn3)cc2c1=O. The van der Waals surface area contributed by atoms with Gasteiger partial charge in [0.1, 0.15) is 11.9 Å². The van der Waals surface area contributed by atoms with Crippen molar-refractivity contribution in [1.82, 2.24) is 19.7 Å². The predicted molar refractivity (Wildman–Crippen MR) is 112 cm³/mol. The van der Waals surface area contributed by atoms with Gasteiger partial charge in [0.25, 0.3) is 5.56 Å². The van der Waals surface area contributed by atoms with E-state index in [2.05, 4.69) is 20.1 Å². The highest BCUT2D eigenvalue weighted by Crippen LogP contribution is 2.38. The number of halogens is 1. The Labute approximate surface area is 173 Å². The van der Waals surface area contributed by atoms with Crippen molar-refractivity contribution >= 4 is 16.7 Å². The van der Waals surface area contributed by atoms with Crippen LogP contribution in [0, 0.1) is 0 Å². The van der Waals surface area contributed by atoms with Crippen LogP contribution in [0.4, 0.5) is 10.2 Å². The highest BCUT2D eigenvalue weighted by molar-refractivity contribution is 5.86. The second kappa shape index (κ2) is 7.34. The molecule has 2 aromatic heterocycles. The second-order valence-corrected chi connectivity index (χ2v) is 8.33. The summed E-state index contributed by atoms with van der Waals surface area (Å²) in [5.41, 5.74) is 1.11. The lowest BCUT2D eigenvalue weighted by molar-refractivity contribution is 0.207. The third kappa shape index (κ3) is 3.30. The van der Waals surface area contributed by atoms with Crippen LogP contribution < -0.4 is 10.5 Å². The van der Waals surface area contributed by atoms with Crippen LogP contribution in [0.3, 0.4) is 0 Å². The predicted octanol–water partition coefficient (Wildman–Crippen LogP) is 3.35. The average Bonchev–Trinajstić information content (AvgIpc) is 3.58. The monoisotopic (exact) mass is 409 g/mol. The molecule has 3 aromatic rings. The number of fused-ring (bicyclic) bond motifs is 1. The fourth-order valence-corrected chi connectivity index (χ4v) is 4.42. The molecule has 156 valence electrons. The Morgan fingerprint density at radius 2 is 1.93 bits per heavy atom. The molecule has 2 aliphatic rings. The Hall–Kier alpha value is -3.03. The molecule has 0 aliphatic heterocycles. The van der Waals surface area contributed by atoms with Gasteiger partial charge < -0.3 is 14.6 Å². The van der Waals surface area contributed by atoms with Crippen molar-refractivity contribution in [3.05, 3.63) is 40.9 Å². The van der Waals surface area contributed by atoms with Gasteiger partial charge in [-0.15, -0.1) is 10.2 Å². The van der Waals surface area contributed by atoms with Gasteiger partial charge in [0.2, 0.25) is 0 Å². The highest BCUT2D eigenvalue weighted by Gasteiger charge is 2.39. The number of aromatic hydroxyl groups is 1. The first-order valence-corrected chi connectivity index (χ1v) is 10.5. The third-order valence-corrected chi connectivity index (χ3v) is 6.17. The van der Waals surface area contributed by atoms with E-state index in [0.717, 1.165) is 32.1 Å². The molecule has 0 radical (unpaired) electrons. The summed E-state index contributed by atoms with van der Waals surface area (Å²) in [7, 11) is 1.63. The summed E-state index contributed by atoms with van der Waals surface area (Å²) in [6.07, 6.45) is 6.10. The van der Waals surface area contributed by atoms with E-state index in [1.165, 1.54) is 17.0 Å². The number of phenols is 1. The molecule has 2 atom stereocenters. The van der Waals surface area contributed by atoms with E-state index in [-0.39, 0.29) is 17.4 Å². The van der Waals surface area contributed by atoms with E-state index >= 15 is 0 Å². The van der Waals surface area contributed by atoms with Crippen LogP contribution in [0.5, 0.6) is 5.75 Å². The van der Waals surface area contributed by atoms with Crippen LogP contribution in [0.2, 0.25) is 0 Å². The van der Waals surface area contributed by atoms with Gasteiger partial charge in [-0.1, -0.05) is 12.8 Å². The molecule has 2 saturated carbocycles. The largest absolute Gasteiger partial charge is 0.507 e. The molecule has 2 aliphatic carbocycles. The molecule has 0 amide bonds. The van der Waals surface area contributed by atoms with Crippen LogP contribution in [0.1, 0.15) is 38.5 Å². The summed E-state index contributed by atoms with van der Waals surface area (Å²) in [4.78, 5) is 18.7. The first-order valence-electron chi connectivity index (χ1n) is 10.5. The maximum atomic E-state index is 14.6. The van der Waals surface area contributed by atoms with Gasteiger partial charge >= 0.3 is 0 Å². The second-order valence-electron chi connectivity index (χ2n) is 8.33. The van der Waals surface area contributed by atoms with Crippen molar-refractivity contribution in [2.24, 2.45) is 7.05 Å². The van der Waals surface area contributed by atoms with Gasteiger partial charge in [-0.2, -0.15) is 0 Å². The number of hydrogen-bond donors (Lipinski definition) is 1. The molecule has 30 heavy (non-hydrogen) atoms. The van der Waals surface area contributed by atoms with E-state index in [4.69, 9.17) is 0 Å². The number of phenolic OH excluding ortho intramolecular Hbond substituents is 1. The highest BCUT2D eigenvalue weighted by atomic mass is 19.1. The fraction of sp³-hybridized carbons (Fsp3) is 0.455. The maximum absolute atomic E-state index is 14.6. The summed E-state index contributed by atoms with van der Waals surface area (Å²) < 4.78 is 16.0. The minimum absolute atomic E-state index is 0.0135. The van der Waals surface area contributed by atoms with Gasteiger partial charge in [-0.25, -0.2) is 9.37 Å². The molecule has 7 nitrogen and oxygen atoms in total. The molecule has 2 unspecified atom stereocenters. The van der Waals surface area contributed by atoms with Gasteiger partial charge in [-0.05, 0) is 43.9 Å². The van der Waals surface area contributed by atoms with Gasteiger partial charge in [0.05, 0.1) is 29.0 Å². The molecule has 8 heteroatoms. The van der Waals surface area contributed by atoms with Crippen LogP contribution >= 0.6 is 0 Å². The van der Waals surface area contributed by atoms with Crippen LogP contribution in [-0.4, -0.2) is 43.1 Å². The van der Waals surface area contributed by atoms with Gasteiger partial charge in [0, 0.05) is 24.7 Å².